The molecule has 0 spiro atoms. The van der Waals surface area contributed by atoms with E-state index in [1.54, 1.807) is 18.0 Å². The molecular formula is C22H19N3O3S. The summed E-state index contributed by atoms with van der Waals surface area (Å²) in [6.45, 7) is 1.18. The number of hydrogen-bond acceptors (Lipinski definition) is 6. The van der Waals surface area contributed by atoms with E-state index in [-0.39, 0.29) is 6.10 Å². The SMILES string of the molecule is c1ccc(Cn2c(SC[C@@H]3COc4ccccc4O3)nnc2-c2ccco2)cc1. The largest absolute Gasteiger partial charge is 0.486 e. The number of rotatable bonds is 6. The number of para-hydroxylation sites is 2. The highest BCUT2D eigenvalue weighted by atomic mass is 32.2. The van der Waals surface area contributed by atoms with E-state index in [4.69, 9.17) is 13.9 Å². The average molecular weight is 405 g/mol. The molecule has 0 N–H and O–H groups in total. The second-order valence-electron chi connectivity index (χ2n) is 6.66. The van der Waals surface area contributed by atoms with Gasteiger partial charge in [-0.25, -0.2) is 0 Å². The van der Waals surface area contributed by atoms with Gasteiger partial charge in [-0.15, -0.1) is 10.2 Å². The van der Waals surface area contributed by atoms with Crippen LogP contribution >= 0.6 is 11.8 Å². The maximum absolute atomic E-state index is 6.07. The Morgan fingerprint density at radius 2 is 1.76 bits per heavy atom. The summed E-state index contributed by atoms with van der Waals surface area (Å²) < 4.78 is 19.5. The third kappa shape index (κ3) is 3.86. The Bertz CT molecular complexity index is 1080. The second-order valence-corrected chi connectivity index (χ2v) is 7.65. The molecular weight excluding hydrogens is 386 g/mol. The van der Waals surface area contributed by atoms with E-state index in [1.807, 2.05) is 54.6 Å². The molecule has 3 heterocycles. The number of fused-ring (bicyclic) bond motifs is 1. The van der Waals surface area contributed by atoms with Crippen LogP contribution in [0.2, 0.25) is 0 Å². The summed E-state index contributed by atoms with van der Waals surface area (Å²) >= 11 is 1.61. The third-order valence-electron chi connectivity index (χ3n) is 4.61. The highest BCUT2D eigenvalue weighted by Gasteiger charge is 2.23. The molecule has 1 aliphatic heterocycles. The van der Waals surface area contributed by atoms with E-state index < -0.39 is 0 Å². The lowest BCUT2D eigenvalue weighted by Gasteiger charge is -2.26. The van der Waals surface area contributed by atoms with Crippen molar-refractivity contribution < 1.29 is 13.9 Å². The lowest BCUT2D eigenvalue weighted by Crippen LogP contribution is -2.31. The summed E-state index contributed by atoms with van der Waals surface area (Å²) in [4.78, 5) is 0. The van der Waals surface area contributed by atoms with Crippen molar-refractivity contribution in [2.75, 3.05) is 12.4 Å². The lowest BCUT2D eigenvalue weighted by molar-refractivity contribution is 0.107. The monoisotopic (exact) mass is 405 g/mol. The first-order chi connectivity index (χ1) is 14.4. The van der Waals surface area contributed by atoms with E-state index in [1.165, 1.54) is 5.56 Å². The molecule has 5 rings (SSSR count). The van der Waals surface area contributed by atoms with Crippen LogP contribution in [0.25, 0.3) is 11.6 Å². The van der Waals surface area contributed by atoms with Crippen molar-refractivity contribution in [1.82, 2.24) is 14.8 Å². The van der Waals surface area contributed by atoms with Gasteiger partial charge in [-0.3, -0.25) is 4.57 Å². The van der Waals surface area contributed by atoms with E-state index in [9.17, 15) is 0 Å². The molecule has 1 atom stereocenters. The van der Waals surface area contributed by atoms with Crippen molar-refractivity contribution in [1.29, 1.82) is 0 Å². The average Bonchev–Trinajstić information content (AvgIpc) is 3.43. The Labute approximate surface area is 172 Å². The quantitative estimate of drug-likeness (QED) is 0.440. The molecule has 7 heteroatoms. The van der Waals surface area contributed by atoms with Gasteiger partial charge in [-0.2, -0.15) is 0 Å². The van der Waals surface area contributed by atoms with E-state index >= 15 is 0 Å². The van der Waals surface area contributed by atoms with Gasteiger partial charge in [0.05, 0.1) is 12.8 Å². The molecule has 0 fully saturated rings. The van der Waals surface area contributed by atoms with Crippen LogP contribution in [0, 0.1) is 0 Å². The molecule has 1 aliphatic rings. The minimum atomic E-state index is -0.0520. The number of ether oxygens (including phenoxy) is 2. The Morgan fingerprint density at radius 1 is 0.931 bits per heavy atom. The van der Waals surface area contributed by atoms with Gasteiger partial charge in [-0.1, -0.05) is 54.2 Å². The molecule has 6 nitrogen and oxygen atoms in total. The molecule has 0 aliphatic carbocycles. The number of aromatic nitrogens is 3. The highest BCUT2D eigenvalue weighted by Crippen LogP contribution is 2.33. The van der Waals surface area contributed by atoms with Crippen molar-refractivity contribution in [2.45, 2.75) is 17.8 Å². The van der Waals surface area contributed by atoms with Crippen LogP contribution in [0.3, 0.4) is 0 Å². The van der Waals surface area contributed by atoms with Crippen molar-refractivity contribution in [3.8, 4) is 23.1 Å². The number of hydrogen-bond donors (Lipinski definition) is 0. The number of thioether (sulfide) groups is 1. The normalized spacial score (nSPS) is 15.4. The Morgan fingerprint density at radius 3 is 2.59 bits per heavy atom. The summed E-state index contributed by atoms with van der Waals surface area (Å²) in [6.07, 6.45) is 1.60. The smallest absolute Gasteiger partial charge is 0.200 e. The minimum absolute atomic E-state index is 0.0520. The standard InChI is InChI=1S/C22H19N3O3S/c1-2-7-16(8-3-1)13-25-21(20-11-6-12-26-20)23-24-22(25)29-15-17-14-27-18-9-4-5-10-19(18)28-17/h1-12,17H,13-15H2/t17-/m0/s1. The summed E-state index contributed by atoms with van der Waals surface area (Å²) in [5, 5.41) is 9.62. The first-order valence-electron chi connectivity index (χ1n) is 9.39. The lowest BCUT2D eigenvalue weighted by atomic mass is 10.2. The van der Waals surface area contributed by atoms with Crippen molar-refractivity contribution in [2.24, 2.45) is 0 Å². The first kappa shape index (κ1) is 17.9. The molecule has 29 heavy (non-hydrogen) atoms. The van der Waals surface area contributed by atoms with Gasteiger partial charge in [0.25, 0.3) is 0 Å². The zero-order chi connectivity index (χ0) is 19.5. The van der Waals surface area contributed by atoms with Crippen LogP contribution in [0.15, 0.2) is 82.6 Å². The van der Waals surface area contributed by atoms with Crippen molar-refractivity contribution >= 4 is 11.8 Å². The van der Waals surface area contributed by atoms with Crippen LogP contribution < -0.4 is 9.47 Å². The third-order valence-corrected chi connectivity index (χ3v) is 5.71. The number of nitrogens with zero attached hydrogens (tertiary/aromatic N) is 3. The topological polar surface area (TPSA) is 62.3 Å². The molecule has 2 aromatic carbocycles. The van der Waals surface area contributed by atoms with Gasteiger partial charge in [-0.05, 0) is 29.8 Å². The molecule has 0 amide bonds. The number of benzene rings is 2. The summed E-state index contributed by atoms with van der Waals surface area (Å²) in [5.74, 6) is 3.70. The second kappa shape index (κ2) is 8.05. The van der Waals surface area contributed by atoms with Gasteiger partial charge in [0.1, 0.15) is 12.7 Å². The summed E-state index contributed by atoms with van der Waals surface area (Å²) in [5.41, 5.74) is 1.17. The summed E-state index contributed by atoms with van der Waals surface area (Å²) in [7, 11) is 0. The van der Waals surface area contributed by atoms with Gasteiger partial charge in [0.2, 0.25) is 5.82 Å². The van der Waals surface area contributed by atoms with E-state index in [0.717, 1.165) is 16.7 Å². The van der Waals surface area contributed by atoms with Gasteiger partial charge < -0.3 is 13.9 Å². The molecule has 2 aromatic heterocycles. The van der Waals surface area contributed by atoms with Gasteiger partial charge in [0.15, 0.2) is 22.4 Å². The fourth-order valence-electron chi connectivity index (χ4n) is 3.20. The molecule has 0 bridgehead atoms. The van der Waals surface area contributed by atoms with Crippen LogP contribution in [0.5, 0.6) is 11.5 Å². The van der Waals surface area contributed by atoms with Crippen LogP contribution in [-0.2, 0) is 6.54 Å². The zero-order valence-corrected chi connectivity index (χ0v) is 16.4. The van der Waals surface area contributed by atoms with Crippen LogP contribution in [-0.4, -0.2) is 33.2 Å². The fourth-order valence-corrected chi connectivity index (χ4v) is 4.11. The molecule has 0 unspecified atom stereocenters. The van der Waals surface area contributed by atoms with E-state index in [2.05, 4.69) is 26.9 Å². The predicted molar refractivity (Wildman–Crippen MR) is 110 cm³/mol. The summed E-state index contributed by atoms with van der Waals surface area (Å²) in [6, 6.07) is 21.8. The molecule has 146 valence electrons. The Kier molecular flexibility index (Phi) is 4.96. The Hall–Kier alpha value is -3.19. The van der Waals surface area contributed by atoms with Crippen LogP contribution in [0.1, 0.15) is 5.56 Å². The van der Waals surface area contributed by atoms with Crippen molar-refractivity contribution in [3.63, 3.8) is 0 Å². The van der Waals surface area contributed by atoms with Gasteiger partial charge in [0, 0.05) is 5.75 Å². The maximum Gasteiger partial charge on any atom is 0.200 e. The molecule has 0 radical (unpaired) electrons. The maximum atomic E-state index is 6.07. The van der Waals surface area contributed by atoms with Gasteiger partial charge >= 0.3 is 0 Å². The van der Waals surface area contributed by atoms with E-state index in [0.29, 0.717) is 30.5 Å². The first-order valence-corrected chi connectivity index (χ1v) is 10.4. The number of furan rings is 1. The molecule has 0 saturated carbocycles. The zero-order valence-electron chi connectivity index (χ0n) is 15.6. The Balaban J connectivity index is 1.36. The molecule has 4 aromatic rings. The highest BCUT2D eigenvalue weighted by molar-refractivity contribution is 7.99. The van der Waals surface area contributed by atoms with Crippen molar-refractivity contribution in [3.05, 3.63) is 78.6 Å². The minimum Gasteiger partial charge on any atom is -0.486 e. The predicted octanol–water partition coefficient (Wildman–Crippen LogP) is 4.52. The fraction of sp³-hybridized carbons (Fsp3) is 0.182. The van der Waals surface area contributed by atoms with Crippen LogP contribution in [0.4, 0.5) is 0 Å². The molecule has 0 saturated heterocycles.